The molecule has 5 aliphatic rings. The van der Waals surface area contributed by atoms with E-state index in [-0.39, 0.29) is 133 Å². The number of ketones is 1. The van der Waals surface area contributed by atoms with Crippen LogP contribution in [0.3, 0.4) is 0 Å². The number of carboxylic acid groups (broad SMARTS) is 1. The number of carbonyl (C=O) groups is 9. The molecule has 6 N–H and O–H groups in total. The van der Waals surface area contributed by atoms with Crippen LogP contribution in [0.1, 0.15) is 55.3 Å². The van der Waals surface area contributed by atoms with Crippen LogP contribution < -0.4 is 45.9 Å². The molecule has 5 aliphatic heterocycles. The number of alkyl halides is 1. The molecule has 7 rings (SSSR count). The number of carboxylic acids is 1. The summed E-state index contributed by atoms with van der Waals surface area (Å²) in [6.07, 6.45) is 0. The topological polar surface area (TPSA) is 367 Å². The third kappa shape index (κ3) is 38.1. The maximum Gasteiger partial charge on any atom is 1.00 e. The van der Waals surface area contributed by atoms with Gasteiger partial charge in [-0.25, -0.2) is 14.4 Å². The number of hydrogen-bond acceptors (Lipinski definition) is 25. The van der Waals surface area contributed by atoms with E-state index in [1.807, 2.05) is 19.1 Å². The Morgan fingerprint density at radius 1 is 0.849 bits per heavy atom. The summed E-state index contributed by atoms with van der Waals surface area (Å²) in [5.41, 5.74) is 6.50. The second-order valence-corrected chi connectivity index (χ2v) is 21.0. The number of aliphatic imine (C=N–C) groups is 1. The monoisotopic (exact) mass is 1440 g/mol. The summed E-state index contributed by atoms with van der Waals surface area (Å²) >= 11 is 13.4. The van der Waals surface area contributed by atoms with Crippen LogP contribution in [0.4, 0.5) is 11.4 Å². The van der Waals surface area contributed by atoms with Crippen molar-refractivity contribution in [2.24, 2.45) is 10.7 Å². The van der Waals surface area contributed by atoms with Gasteiger partial charge in [-0.2, -0.15) is 59.7 Å². The minimum atomic E-state index is -0.833. The summed E-state index contributed by atoms with van der Waals surface area (Å²) < 4.78 is 19.0. The maximum atomic E-state index is 12.6. The van der Waals surface area contributed by atoms with Gasteiger partial charge in [0.15, 0.2) is 0 Å². The normalized spacial score (nSPS) is 16.2. The van der Waals surface area contributed by atoms with E-state index in [4.69, 9.17) is 46.8 Å². The molecule has 3 amide bonds. The van der Waals surface area contributed by atoms with Crippen molar-refractivity contribution in [2.45, 2.75) is 52.7 Å². The number of nitrogens with two attached hydrogens (primary N) is 1. The van der Waals surface area contributed by atoms with Crippen molar-refractivity contribution in [3.05, 3.63) is 76.3 Å². The number of amides is 3. The number of halogens is 2. The molecule has 0 aliphatic carbocycles. The number of rotatable bonds is 12. The first-order chi connectivity index (χ1) is 39.4. The first-order valence-electron chi connectivity index (χ1n) is 25.2. The Bertz CT molecular complexity index is 2380. The summed E-state index contributed by atoms with van der Waals surface area (Å²) in [6.45, 7) is 17.5. The van der Waals surface area contributed by atoms with Gasteiger partial charge < -0.3 is 67.2 Å². The molecular formula is C51H75BBrClFeN8NaO17S5. The molecule has 3 fully saturated rings. The van der Waals surface area contributed by atoms with E-state index in [0.717, 1.165) is 55.9 Å². The molecule has 2 aromatic rings. The van der Waals surface area contributed by atoms with Gasteiger partial charge in [0.2, 0.25) is 11.7 Å². The van der Waals surface area contributed by atoms with Crippen LogP contribution in [-0.2, 0) is 69.6 Å². The number of anilines is 1. The number of thiol groups is 1. The van der Waals surface area contributed by atoms with E-state index >= 15 is 0 Å². The molecule has 2 aromatic carbocycles. The fraction of sp³-hybridized carbons (Fsp3) is 0.549. The number of aliphatic hydroxyl groups is 1. The second-order valence-electron chi connectivity index (χ2n) is 15.5. The quantitative estimate of drug-likeness (QED) is 0.0200. The predicted octanol–water partition coefficient (Wildman–Crippen LogP) is 1.13. The van der Waals surface area contributed by atoms with Gasteiger partial charge in [0, 0.05) is 130 Å². The summed E-state index contributed by atoms with van der Waals surface area (Å²) in [4.78, 5) is 119. The van der Waals surface area contributed by atoms with Crippen molar-refractivity contribution in [2.75, 3.05) is 129 Å². The fourth-order valence-electron chi connectivity index (χ4n) is 6.49. The predicted molar refractivity (Wildman–Crippen MR) is 339 cm³/mol. The minimum absolute atomic E-state index is 0. The van der Waals surface area contributed by atoms with E-state index in [1.54, 1.807) is 90.9 Å². The number of aliphatic hydroxyl groups excluding tert-OH is 1. The van der Waals surface area contributed by atoms with Gasteiger partial charge >= 0.3 is 53.4 Å². The Morgan fingerprint density at radius 2 is 1.38 bits per heavy atom. The number of nitrogens with zero attached hydrogens (tertiary/aromatic N) is 5. The maximum absolute atomic E-state index is 12.6. The number of nitro groups is 1. The van der Waals surface area contributed by atoms with Crippen LogP contribution in [0.5, 0.6) is 0 Å². The molecule has 0 saturated carbocycles. The Kier molecular flexibility index (Phi) is 64.2. The van der Waals surface area contributed by atoms with Gasteiger partial charge in [-0.3, -0.25) is 43.9 Å². The Balaban J connectivity index is -0.000000226. The Morgan fingerprint density at radius 3 is 1.91 bits per heavy atom. The fourth-order valence-corrected chi connectivity index (χ4v) is 10.5. The summed E-state index contributed by atoms with van der Waals surface area (Å²) in [5, 5.41) is 37.7. The minimum Gasteiger partial charge on any atom is -0.512 e. The molecule has 0 aromatic heterocycles. The van der Waals surface area contributed by atoms with Gasteiger partial charge in [0.25, 0.3) is 23.5 Å². The molecule has 5 heterocycles. The number of hydrogen-bond donors (Lipinski definition) is 6. The first-order valence-corrected chi connectivity index (χ1v) is 31.5. The zero-order valence-corrected chi connectivity index (χ0v) is 58.6. The van der Waals surface area contributed by atoms with Crippen molar-refractivity contribution in [1.29, 1.82) is 5.26 Å². The molecule has 86 heavy (non-hydrogen) atoms. The molecule has 477 valence electrons. The second kappa shape index (κ2) is 59.1. The standard InChI is InChI=1S/C14H16N2O5S.C12H12N2O2S.C7H13NO2S.C7H11NO2S.C5H7BrO3.C2H7NS.C2H4O2.CN.CH4O.B.ClH.Fe.Na/c1-2-21-14(18)12-9-22-8-7-15(12)13(17)10-5-3-4-6-11(10)16(19)20;15-11-10-7-17-6-5-14(10)12(16)8-3-1-2-4-9(8)13-11;2*1-2-10-7(9)6-5-11-4-3-8-6;1-2-9-5(8)4(7)3-6;3-1-2-4;1-2(3)4;2*1-2;;;;/h3-6,12H,2,7-9H2,1H3;1-4,10H,5-7H2,(H,13,15);6,8H,2-5H2,1H3;2-5H2,1H3;2-3H2,1H3;4H,1-3H2;1H3,(H,3,4);;2H,1H3;;1H;;/q;;;;;;;-1;;;;;+1. The molecule has 0 spiro atoms. The molecule has 35 heteroatoms. The average molecular weight is 1440 g/mol. The number of ether oxygens (including phenoxy) is 4. The molecule has 3 atom stereocenters. The average Bonchev–Trinajstić information content (AvgIpc) is 2.73. The van der Waals surface area contributed by atoms with Crippen molar-refractivity contribution >= 4 is 167 Å². The number of nitro benzene ring substituents is 1. The number of benzene rings is 2. The van der Waals surface area contributed by atoms with E-state index in [0.29, 0.717) is 72.8 Å². The van der Waals surface area contributed by atoms with Crippen molar-refractivity contribution < 1.29 is 124 Å². The number of nitrogens with one attached hydrogen (secondary N) is 2. The van der Waals surface area contributed by atoms with E-state index in [1.165, 1.54) is 23.1 Å². The summed E-state index contributed by atoms with van der Waals surface area (Å²) in [6, 6.07) is 11.8. The van der Waals surface area contributed by atoms with E-state index in [9.17, 15) is 48.5 Å². The molecule has 3 saturated heterocycles. The first kappa shape index (κ1) is 93.6. The number of Topliss-reactive ketones (excluding diaryl/α,β-unsaturated/α-hetero) is 1. The van der Waals surface area contributed by atoms with E-state index < -0.39 is 40.6 Å². The number of fused-ring (bicyclic) bond motifs is 2. The van der Waals surface area contributed by atoms with Crippen LogP contribution >= 0.6 is 88.0 Å². The number of carbonyl (C=O) groups excluding carboxylic acids is 8. The van der Waals surface area contributed by atoms with Crippen molar-refractivity contribution in [3.8, 4) is 0 Å². The number of thioether (sulfide) groups is 4. The van der Waals surface area contributed by atoms with Crippen LogP contribution in [0.15, 0.2) is 53.5 Å². The zero-order valence-electron chi connectivity index (χ0n) is 48.9. The van der Waals surface area contributed by atoms with Gasteiger partial charge in [0.05, 0.1) is 47.9 Å². The smallest absolute Gasteiger partial charge is 0.512 e. The van der Waals surface area contributed by atoms with Crippen molar-refractivity contribution in [3.63, 3.8) is 0 Å². The van der Waals surface area contributed by atoms with Gasteiger partial charge in [-0.05, 0) is 45.9 Å². The molecule has 25 nitrogen and oxygen atoms in total. The third-order valence-electron chi connectivity index (χ3n) is 9.92. The summed E-state index contributed by atoms with van der Waals surface area (Å²) in [5.74, 6) is 3.56. The Hall–Kier alpha value is -3.59. The third-order valence-corrected chi connectivity index (χ3v) is 14.7. The van der Waals surface area contributed by atoms with Gasteiger partial charge in [-0.1, -0.05) is 40.2 Å². The molecular weight excluding hydrogens is 1360 g/mol. The molecule has 3 radical (unpaired) electrons. The Labute approximate surface area is 574 Å². The van der Waals surface area contributed by atoms with Crippen LogP contribution in [0.25, 0.3) is 0 Å². The van der Waals surface area contributed by atoms with Crippen LogP contribution in [-0.4, -0.2) is 234 Å². The summed E-state index contributed by atoms with van der Waals surface area (Å²) in [7, 11) is 1.00. The molecule has 0 bridgehead atoms. The SMILES string of the molecule is CC(=O)O.CCOC(=O)C(=O)CBr.CCOC(=O)C1=NCCSC1.CCOC(=O)C1CSCCN1.CCOC(=O)C1CSCCN1C(=O)c1ccccc1[N+](=O)[O-].CO.Cl.NCCS.O=C1Nc2ccccc2C(=O)N2CCSCC12.[B].[C-]#N.[Fe].[Na+]. The van der Waals surface area contributed by atoms with Gasteiger partial charge in [-0.15, -0.1) is 12.4 Å². The van der Waals surface area contributed by atoms with Crippen LogP contribution in [0, 0.1) is 21.9 Å². The van der Waals surface area contributed by atoms with Gasteiger partial charge in [0.1, 0.15) is 29.4 Å². The number of para-hydroxylation sites is 2. The largest absolute Gasteiger partial charge is 1.00 e. The zero-order chi connectivity index (χ0) is 62.4. The van der Waals surface area contributed by atoms with Crippen LogP contribution in [0.2, 0.25) is 0 Å². The number of aliphatic carboxylic acids is 1. The van der Waals surface area contributed by atoms with E-state index in [2.05, 4.69) is 48.9 Å². The number of esters is 4. The molecule has 3 unspecified atom stereocenters. The van der Waals surface area contributed by atoms with Crippen molar-refractivity contribution in [1.82, 2.24) is 15.1 Å².